The zero-order valence-corrected chi connectivity index (χ0v) is 15.5. The van der Waals surface area contributed by atoms with E-state index in [0.29, 0.717) is 13.2 Å². The summed E-state index contributed by atoms with van der Waals surface area (Å²) in [6.07, 6.45) is 3.22. The van der Waals surface area contributed by atoms with Gasteiger partial charge in [-0.25, -0.2) is 4.79 Å². The lowest BCUT2D eigenvalue weighted by Crippen LogP contribution is -2.35. The molecule has 0 saturated heterocycles. The Morgan fingerprint density at radius 1 is 1.04 bits per heavy atom. The quantitative estimate of drug-likeness (QED) is 0.679. The number of carbonyl (C=O) groups is 1. The van der Waals surface area contributed by atoms with E-state index in [1.165, 1.54) is 6.42 Å². The van der Waals surface area contributed by atoms with Crippen molar-refractivity contribution in [2.45, 2.75) is 32.8 Å². The predicted molar refractivity (Wildman–Crippen MR) is 106 cm³/mol. The van der Waals surface area contributed by atoms with E-state index in [1.54, 1.807) is 0 Å². The average Bonchev–Trinajstić information content (AvgIpc) is 2.71. The molecule has 0 aromatic heterocycles. The molecule has 0 bridgehead atoms. The first-order valence-electron chi connectivity index (χ1n) is 9.48. The molecule has 1 aliphatic rings. The summed E-state index contributed by atoms with van der Waals surface area (Å²) >= 11 is 0. The Morgan fingerprint density at radius 3 is 2.42 bits per heavy atom. The molecule has 0 unspecified atom stereocenters. The topological polar surface area (TPSA) is 29.5 Å². The standard InChI is InChI=1S/C23H27NO2/c1-2-3-15-24-16-14-21(20-12-8-5-9-13-20)22(17-24)23(25)26-18-19-10-6-4-7-11-19/h4-13H,2-3,14-18H2,1H3. The van der Waals surface area contributed by atoms with Crippen molar-refractivity contribution in [2.24, 2.45) is 0 Å². The molecule has 0 radical (unpaired) electrons. The van der Waals surface area contributed by atoms with Crippen molar-refractivity contribution >= 4 is 11.5 Å². The second-order valence-electron chi connectivity index (χ2n) is 6.76. The Kier molecular flexibility index (Phi) is 6.62. The lowest BCUT2D eigenvalue weighted by molar-refractivity contribution is -0.140. The summed E-state index contributed by atoms with van der Waals surface area (Å²) in [5.41, 5.74) is 4.10. The molecule has 0 aliphatic carbocycles. The molecule has 1 aliphatic heterocycles. The largest absolute Gasteiger partial charge is 0.457 e. The number of hydrogen-bond donors (Lipinski definition) is 0. The summed E-state index contributed by atoms with van der Waals surface area (Å²) in [5.74, 6) is -0.186. The molecule has 0 amide bonds. The number of esters is 1. The Labute approximate surface area is 156 Å². The van der Waals surface area contributed by atoms with Crippen LogP contribution in [0.2, 0.25) is 0 Å². The van der Waals surface area contributed by atoms with Gasteiger partial charge in [-0.3, -0.25) is 4.90 Å². The molecule has 136 valence electrons. The van der Waals surface area contributed by atoms with Crippen LogP contribution < -0.4 is 0 Å². The molecule has 2 aromatic carbocycles. The Hall–Kier alpha value is -2.39. The second-order valence-corrected chi connectivity index (χ2v) is 6.76. The molecule has 1 heterocycles. The van der Waals surface area contributed by atoms with E-state index in [-0.39, 0.29) is 5.97 Å². The van der Waals surface area contributed by atoms with Crippen LogP contribution in [0.15, 0.2) is 66.2 Å². The van der Waals surface area contributed by atoms with E-state index in [1.807, 2.05) is 48.5 Å². The van der Waals surface area contributed by atoms with E-state index in [0.717, 1.165) is 48.2 Å². The molecule has 3 nitrogen and oxygen atoms in total. The molecular weight excluding hydrogens is 322 g/mol. The fourth-order valence-electron chi connectivity index (χ4n) is 3.35. The van der Waals surface area contributed by atoms with Crippen LogP contribution >= 0.6 is 0 Å². The summed E-state index contributed by atoms with van der Waals surface area (Å²) in [7, 11) is 0. The lowest BCUT2D eigenvalue weighted by atomic mass is 9.93. The normalized spacial score (nSPS) is 15.1. The SMILES string of the molecule is CCCCN1CCC(c2ccccc2)=C(C(=O)OCc2ccccc2)C1. The number of hydrogen-bond acceptors (Lipinski definition) is 3. The van der Waals surface area contributed by atoms with Gasteiger partial charge in [0, 0.05) is 13.1 Å². The number of rotatable bonds is 7. The maximum atomic E-state index is 12.9. The van der Waals surface area contributed by atoms with E-state index >= 15 is 0 Å². The first-order valence-corrected chi connectivity index (χ1v) is 9.48. The number of benzene rings is 2. The molecule has 3 rings (SSSR count). The van der Waals surface area contributed by atoms with Crippen molar-refractivity contribution in [3.05, 3.63) is 77.4 Å². The molecule has 0 atom stereocenters. The first-order chi connectivity index (χ1) is 12.8. The van der Waals surface area contributed by atoms with Gasteiger partial charge in [-0.05, 0) is 36.1 Å². The summed E-state index contributed by atoms with van der Waals surface area (Å²) < 4.78 is 5.65. The molecule has 26 heavy (non-hydrogen) atoms. The average molecular weight is 349 g/mol. The summed E-state index contributed by atoms with van der Waals surface area (Å²) in [6.45, 7) is 5.23. The third-order valence-electron chi connectivity index (χ3n) is 4.83. The maximum absolute atomic E-state index is 12.9. The minimum Gasteiger partial charge on any atom is -0.457 e. The maximum Gasteiger partial charge on any atom is 0.335 e. The Bertz CT molecular complexity index is 737. The zero-order valence-electron chi connectivity index (χ0n) is 15.5. The minimum absolute atomic E-state index is 0.186. The third-order valence-corrected chi connectivity index (χ3v) is 4.83. The molecular formula is C23H27NO2. The first kappa shape index (κ1) is 18.4. The van der Waals surface area contributed by atoms with Crippen molar-refractivity contribution < 1.29 is 9.53 Å². The van der Waals surface area contributed by atoms with Crippen molar-refractivity contribution in [3.8, 4) is 0 Å². The monoisotopic (exact) mass is 349 g/mol. The van der Waals surface area contributed by atoms with Gasteiger partial charge in [-0.15, -0.1) is 0 Å². The second kappa shape index (κ2) is 9.35. The van der Waals surface area contributed by atoms with Crippen LogP contribution in [-0.2, 0) is 16.1 Å². The van der Waals surface area contributed by atoms with E-state index in [2.05, 4.69) is 24.0 Å². The highest BCUT2D eigenvalue weighted by Gasteiger charge is 2.25. The van der Waals surface area contributed by atoms with Crippen LogP contribution in [0, 0.1) is 0 Å². The molecule has 2 aromatic rings. The summed E-state index contributed by atoms with van der Waals surface area (Å²) in [6, 6.07) is 20.1. The third kappa shape index (κ3) is 4.83. The van der Waals surface area contributed by atoms with Gasteiger partial charge < -0.3 is 4.74 Å². The van der Waals surface area contributed by atoms with Crippen molar-refractivity contribution in [1.82, 2.24) is 4.90 Å². The predicted octanol–water partition coefficient (Wildman–Crippen LogP) is 4.69. The van der Waals surface area contributed by atoms with Gasteiger partial charge >= 0.3 is 5.97 Å². The highest BCUT2D eigenvalue weighted by Crippen LogP contribution is 2.28. The summed E-state index contributed by atoms with van der Waals surface area (Å²) in [5, 5.41) is 0. The Balaban J connectivity index is 1.78. The number of carbonyl (C=O) groups excluding carboxylic acids is 1. The number of unbranched alkanes of at least 4 members (excludes halogenated alkanes) is 1. The van der Waals surface area contributed by atoms with Crippen molar-refractivity contribution in [3.63, 3.8) is 0 Å². The number of nitrogens with zero attached hydrogens (tertiary/aromatic N) is 1. The summed E-state index contributed by atoms with van der Waals surface area (Å²) in [4.78, 5) is 15.2. The highest BCUT2D eigenvalue weighted by atomic mass is 16.5. The molecule has 0 saturated carbocycles. The van der Waals surface area contributed by atoms with Crippen LogP contribution in [0.4, 0.5) is 0 Å². The smallest absolute Gasteiger partial charge is 0.335 e. The molecule has 0 fully saturated rings. The van der Waals surface area contributed by atoms with Gasteiger partial charge in [0.05, 0.1) is 5.57 Å². The molecule has 3 heteroatoms. The Morgan fingerprint density at radius 2 is 1.73 bits per heavy atom. The molecule has 0 spiro atoms. The van der Waals surface area contributed by atoms with Crippen LogP contribution in [0.1, 0.15) is 37.3 Å². The van der Waals surface area contributed by atoms with Crippen molar-refractivity contribution in [2.75, 3.05) is 19.6 Å². The number of ether oxygens (including phenoxy) is 1. The minimum atomic E-state index is -0.186. The fourth-order valence-corrected chi connectivity index (χ4v) is 3.35. The van der Waals surface area contributed by atoms with Crippen LogP contribution in [-0.4, -0.2) is 30.5 Å². The van der Waals surface area contributed by atoms with Gasteiger partial charge in [-0.2, -0.15) is 0 Å². The van der Waals surface area contributed by atoms with Gasteiger partial charge in [-0.1, -0.05) is 74.0 Å². The van der Waals surface area contributed by atoms with Crippen LogP contribution in [0.5, 0.6) is 0 Å². The lowest BCUT2D eigenvalue weighted by Gasteiger charge is -2.30. The van der Waals surface area contributed by atoms with Gasteiger partial charge in [0.1, 0.15) is 6.61 Å². The zero-order chi connectivity index (χ0) is 18.2. The van der Waals surface area contributed by atoms with E-state index < -0.39 is 0 Å². The highest BCUT2D eigenvalue weighted by molar-refractivity contribution is 5.98. The van der Waals surface area contributed by atoms with Crippen molar-refractivity contribution in [1.29, 1.82) is 0 Å². The van der Waals surface area contributed by atoms with Crippen LogP contribution in [0.25, 0.3) is 5.57 Å². The van der Waals surface area contributed by atoms with E-state index in [9.17, 15) is 4.79 Å². The fraction of sp³-hybridized carbons (Fsp3) is 0.348. The van der Waals surface area contributed by atoms with Gasteiger partial charge in [0.15, 0.2) is 0 Å². The van der Waals surface area contributed by atoms with Gasteiger partial charge in [0.25, 0.3) is 0 Å². The van der Waals surface area contributed by atoms with Crippen LogP contribution in [0.3, 0.4) is 0 Å². The van der Waals surface area contributed by atoms with E-state index in [4.69, 9.17) is 4.74 Å². The van der Waals surface area contributed by atoms with Gasteiger partial charge in [0.2, 0.25) is 0 Å². The molecule has 0 N–H and O–H groups in total.